The molecule has 100 valence electrons. The van der Waals surface area contributed by atoms with Crippen LogP contribution in [0.1, 0.15) is 22.9 Å². The second-order valence-electron chi connectivity index (χ2n) is 5.08. The zero-order chi connectivity index (χ0) is 13.4. The van der Waals surface area contributed by atoms with Gasteiger partial charge in [0.05, 0.1) is 21.8 Å². The van der Waals surface area contributed by atoms with Crippen LogP contribution >= 0.6 is 22.9 Å². The zero-order valence-corrected chi connectivity index (χ0v) is 12.7. The number of anilines is 2. The van der Waals surface area contributed by atoms with Gasteiger partial charge in [-0.15, -0.1) is 11.3 Å². The highest BCUT2D eigenvalue weighted by Gasteiger charge is 2.25. The Bertz CT molecular complexity index is 592. The molecule has 3 rings (SSSR count). The molecular weight excluding hydrogens is 276 g/mol. The van der Waals surface area contributed by atoms with E-state index in [1.165, 1.54) is 21.8 Å². The summed E-state index contributed by atoms with van der Waals surface area (Å²) in [5.74, 6) is 0. The topological polar surface area (TPSA) is 15.3 Å². The summed E-state index contributed by atoms with van der Waals surface area (Å²) >= 11 is 7.83. The normalized spacial score (nSPS) is 17.3. The Morgan fingerprint density at radius 3 is 2.89 bits per heavy atom. The van der Waals surface area contributed by atoms with Gasteiger partial charge in [0.25, 0.3) is 0 Å². The predicted molar refractivity (Wildman–Crippen MR) is 84.8 cm³/mol. The third kappa shape index (κ3) is 2.45. The zero-order valence-electron chi connectivity index (χ0n) is 11.1. The van der Waals surface area contributed by atoms with Gasteiger partial charge in [0.1, 0.15) is 0 Å². The van der Waals surface area contributed by atoms with Crippen LogP contribution in [0.2, 0.25) is 4.34 Å². The lowest BCUT2D eigenvalue weighted by Crippen LogP contribution is -2.14. The number of fused-ring (bicyclic) bond motifs is 1. The molecule has 4 heteroatoms. The molecule has 1 aliphatic rings. The SMILES string of the molecule is CN(C)c1ccccc1NC1CCc2sc(Cl)cc21. The molecule has 0 bridgehead atoms. The molecule has 0 saturated carbocycles. The van der Waals surface area contributed by atoms with Crippen molar-refractivity contribution in [1.82, 2.24) is 0 Å². The first-order valence-corrected chi connectivity index (χ1v) is 7.65. The summed E-state index contributed by atoms with van der Waals surface area (Å²) in [6.45, 7) is 0. The number of hydrogen-bond acceptors (Lipinski definition) is 3. The van der Waals surface area contributed by atoms with Crippen molar-refractivity contribution in [3.63, 3.8) is 0 Å². The van der Waals surface area contributed by atoms with Gasteiger partial charge < -0.3 is 10.2 Å². The smallest absolute Gasteiger partial charge is 0.0934 e. The summed E-state index contributed by atoms with van der Waals surface area (Å²) in [7, 11) is 4.14. The summed E-state index contributed by atoms with van der Waals surface area (Å²) in [5.41, 5.74) is 3.79. The Hall–Kier alpha value is -1.19. The molecule has 2 aromatic rings. The summed E-state index contributed by atoms with van der Waals surface area (Å²) < 4.78 is 0.900. The van der Waals surface area contributed by atoms with Gasteiger partial charge in [-0.2, -0.15) is 0 Å². The van der Waals surface area contributed by atoms with Crippen LogP contribution in [0.3, 0.4) is 0 Å². The standard InChI is InChI=1S/C15H17ClN2S/c1-18(2)13-6-4-3-5-12(13)17-11-7-8-14-10(11)9-15(16)19-14/h3-6,9,11,17H,7-8H2,1-2H3. The fourth-order valence-electron chi connectivity index (χ4n) is 2.65. The van der Waals surface area contributed by atoms with Crippen LogP contribution in [-0.4, -0.2) is 14.1 Å². The van der Waals surface area contributed by atoms with Crippen molar-refractivity contribution in [2.24, 2.45) is 0 Å². The van der Waals surface area contributed by atoms with E-state index in [-0.39, 0.29) is 0 Å². The number of aryl methyl sites for hydroxylation is 1. The second-order valence-corrected chi connectivity index (χ2v) is 6.84. The molecule has 1 heterocycles. The number of hydrogen-bond donors (Lipinski definition) is 1. The van der Waals surface area contributed by atoms with Crippen molar-refractivity contribution < 1.29 is 0 Å². The van der Waals surface area contributed by atoms with Crippen molar-refractivity contribution in [3.05, 3.63) is 45.1 Å². The monoisotopic (exact) mass is 292 g/mol. The van der Waals surface area contributed by atoms with Crippen molar-refractivity contribution in [2.45, 2.75) is 18.9 Å². The first-order valence-electron chi connectivity index (χ1n) is 6.46. The van der Waals surface area contributed by atoms with E-state index in [1.54, 1.807) is 11.3 Å². The van der Waals surface area contributed by atoms with Gasteiger partial charge in [0.2, 0.25) is 0 Å². The van der Waals surface area contributed by atoms with Gasteiger partial charge in [-0.25, -0.2) is 0 Å². The molecule has 0 saturated heterocycles. The summed E-state index contributed by atoms with van der Waals surface area (Å²) in [6.07, 6.45) is 2.29. The Morgan fingerprint density at radius 2 is 2.11 bits per heavy atom. The van der Waals surface area contributed by atoms with Gasteiger partial charge in [-0.05, 0) is 36.6 Å². The van der Waals surface area contributed by atoms with E-state index in [4.69, 9.17) is 11.6 Å². The highest BCUT2D eigenvalue weighted by molar-refractivity contribution is 7.16. The second kappa shape index (κ2) is 5.06. The maximum Gasteiger partial charge on any atom is 0.0934 e. The number of rotatable bonds is 3. The third-order valence-corrected chi connectivity index (χ3v) is 4.90. The first-order chi connectivity index (χ1) is 9.15. The molecule has 0 aliphatic heterocycles. The fraction of sp³-hybridized carbons (Fsp3) is 0.333. The number of nitrogens with zero attached hydrogens (tertiary/aromatic N) is 1. The molecule has 1 aromatic heterocycles. The van der Waals surface area contributed by atoms with Gasteiger partial charge in [0, 0.05) is 19.0 Å². The maximum absolute atomic E-state index is 6.11. The van der Waals surface area contributed by atoms with Crippen LogP contribution in [0.25, 0.3) is 0 Å². The molecule has 1 unspecified atom stereocenters. The van der Waals surface area contributed by atoms with Crippen molar-refractivity contribution in [3.8, 4) is 0 Å². The van der Waals surface area contributed by atoms with E-state index in [0.29, 0.717) is 6.04 Å². The molecule has 1 aromatic carbocycles. The minimum Gasteiger partial charge on any atom is -0.377 e. The van der Waals surface area contributed by atoms with Gasteiger partial charge in [-0.3, -0.25) is 0 Å². The number of benzene rings is 1. The molecule has 1 N–H and O–H groups in total. The van der Waals surface area contributed by atoms with Crippen LogP contribution in [0.4, 0.5) is 11.4 Å². The summed E-state index contributed by atoms with van der Waals surface area (Å²) in [5, 5.41) is 3.67. The largest absolute Gasteiger partial charge is 0.377 e. The van der Waals surface area contributed by atoms with E-state index >= 15 is 0 Å². The van der Waals surface area contributed by atoms with Crippen LogP contribution in [0.15, 0.2) is 30.3 Å². The fourth-order valence-corrected chi connectivity index (χ4v) is 4.01. The Labute approximate surface area is 123 Å². The highest BCUT2D eigenvalue weighted by Crippen LogP contribution is 2.41. The molecule has 0 fully saturated rings. The lowest BCUT2D eigenvalue weighted by Gasteiger charge is -2.21. The van der Waals surface area contributed by atoms with Gasteiger partial charge in [0.15, 0.2) is 0 Å². The summed E-state index contributed by atoms with van der Waals surface area (Å²) in [6, 6.07) is 10.9. The molecule has 2 nitrogen and oxygen atoms in total. The molecule has 1 atom stereocenters. The average molecular weight is 293 g/mol. The number of halogens is 1. The van der Waals surface area contributed by atoms with E-state index in [2.05, 4.69) is 54.6 Å². The lowest BCUT2D eigenvalue weighted by atomic mass is 10.1. The number of thiophene rings is 1. The van der Waals surface area contributed by atoms with Crippen molar-refractivity contribution >= 4 is 34.3 Å². The summed E-state index contributed by atoms with van der Waals surface area (Å²) in [4.78, 5) is 3.57. The van der Waals surface area contributed by atoms with Crippen LogP contribution in [-0.2, 0) is 6.42 Å². The van der Waals surface area contributed by atoms with E-state index < -0.39 is 0 Å². The van der Waals surface area contributed by atoms with Crippen molar-refractivity contribution in [2.75, 3.05) is 24.3 Å². The molecule has 0 spiro atoms. The minimum absolute atomic E-state index is 0.389. The number of para-hydroxylation sites is 2. The average Bonchev–Trinajstić information content (AvgIpc) is 2.91. The minimum atomic E-state index is 0.389. The van der Waals surface area contributed by atoms with E-state index in [1.807, 2.05) is 0 Å². The van der Waals surface area contributed by atoms with Gasteiger partial charge >= 0.3 is 0 Å². The van der Waals surface area contributed by atoms with Crippen LogP contribution in [0, 0.1) is 0 Å². The van der Waals surface area contributed by atoms with Gasteiger partial charge in [-0.1, -0.05) is 23.7 Å². The highest BCUT2D eigenvalue weighted by atomic mass is 35.5. The third-order valence-electron chi connectivity index (χ3n) is 3.56. The van der Waals surface area contributed by atoms with Crippen molar-refractivity contribution in [1.29, 1.82) is 0 Å². The molecule has 0 amide bonds. The lowest BCUT2D eigenvalue weighted by molar-refractivity contribution is 0.762. The first kappa shape index (κ1) is 12.8. The molecular formula is C15H17ClN2S. The number of nitrogens with one attached hydrogen (secondary N) is 1. The molecule has 0 radical (unpaired) electrons. The molecule has 1 aliphatic carbocycles. The Kier molecular flexibility index (Phi) is 3.42. The molecule has 19 heavy (non-hydrogen) atoms. The Morgan fingerprint density at radius 1 is 1.32 bits per heavy atom. The van der Waals surface area contributed by atoms with E-state index in [9.17, 15) is 0 Å². The van der Waals surface area contributed by atoms with Crippen LogP contribution in [0.5, 0.6) is 0 Å². The predicted octanol–water partition coefficient (Wildman–Crippen LogP) is 4.57. The Balaban J connectivity index is 1.87. The maximum atomic E-state index is 6.11. The van der Waals surface area contributed by atoms with E-state index in [0.717, 1.165) is 17.2 Å². The van der Waals surface area contributed by atoms with Crippen LogP contribution < -0.4 is 10.2 Å². The quantitative estimate of drug-likeness (QED) is 0.891.